The van der Waals surface area contributed by atoms with Crippen LogP contribution in [0.2, 0.25) is 0 Å². The number of halogens is 1. The Morgan fingerprint density at radius 1 is 1.21 bits per heavy atom. The van der Waals surface area contributed by atoms with Crippen molar-refractivity contribution in [2.45, 2.75) is 18.9 Å². The molecule has 0 spiro atoms. The zero-order valence-corrected chi connectivity index (χ0v) is 13.8. The maximum atomic E-state index is 13.9. The fourth-order valence-electron chi connectivity index (χ4n) is 2.80. The molecule has 2 heterocycles. The molecule has 0 unspecified atom stereocenters. The van der Waals surface area contributed by atoms with Crippen molar-refractivity contribution in [3.05, 3.63) is 46.9 Å². The molecular weight excluding hydrogens is 329 g/mol. The third-order valence-corrected chi connectivity index (χ3v) is 4.62. The van der Waals surface area contributed by atoms with Gasteiger partial charge in [-0.05, 0) is 36.4 Å². The molecule has 1 aromatic carbocycles. The van der Waals surface area contributed by atoms with Crippen molar-refractivity contribution in [3.8, 4) is 0 Å². The lowest BCUT2D eigenvalue weighted by molar-refractivity contribution is -0.136. The van der Waals surface area contributed by atoms with Gasteiger partial charge in [0.2, 0.25) is 0 Å². The van der Waals surface area contributed by atoms with Crippen molar-refractivity contribution in [1.29, 1.82) is 0 Å². The highest BCUT2D eigenvalue weighted by Crippen LogP contribution is 2.22. The fraction of sp³-hybridized carbons (Fsp3) is 0.294. The Kier molecular flexibility index (Phi) is 5.10. The lowest BCUT2D eigenvalue weighted by Gasteiger charge is -2.34. The predicted molar refractivity (Wildman–Crippen MR) is 92.7 cm³/mol. The van der Waals surface area contributed by atoms with Crippen molar-refractivity contribution in [2.75, 3.05) is 23.3 Å². The first-order valence-electron chi connectivity index (χ1n) is 7.77. The van der Waals surface area contributed by atoms with Crippen LogP contribution in [-0.4, -0.2) is 30.9 Å². The summed E-state index contributed by atoms with van der Waals surface area (Å²) in [6.07, 6.45) is 1.59. The smallest absolute Gasteiger partial charge is 0.313 e. The molecule has 2 amide bonds. The van der Waals surface area contributed by atoms with Gasteiger partial charge in [0, 0.05) is 24.5 Å². The first-order chi connectivity index (χ1) is 11.6. The largest absolute Gasteiger partial charge is 0.367 e. The third-order valence-electron chi connectivity index (χ3n) is 3.94. The second-order valence-corrected chi connectivity index (χ2v) is 6.46. The number of para-hydroxylation sites is 1. The molecule has 0 saturated carbocycles. The van der Waals surface area contributed by atoms with Crippen LogP contribution in [0.4, 0.5) is 15.8 Å². The van der Waals surface area contributed by atoms with E-state index in [-0.39, 0.29) is 11.9 Å². The number of hydrogen-bond donors (Lipinski definition) is 2. The Morgan fingerprint density at radius 3 is 2.79 bits per heavy atom. The molecule has 7 heteroatoms. The molecule has 1 aliphatic rings. The van der Waals surface area contributed by atoms with Gasteiger partial charge in [-0.2, -0.15) is 11.3 Å². The second-order valence-electron chi connectivity index (χ2n) is 5.68. The minimum Gasteiger partial charge on any atom is -0.367 e. The summed E-state index contributed by atoms with van der Waals surface area (Å²) in [5.74, 6) is -1.63. The standard InChI is InChI=1S/C17H18FN3O2S/c18-14-5-1-2-6-15(14)21-8-3-4-12(10-21)19-16(22)17(23)20-13-7-9-24-11-13/h1-2,5-7,9,11-12H,3-4,8,10H2,(H,19,22)(H,20,23)/t12-/m0/s1. The fourth-order valence-corrected chi connectivity index (χ4v) is 3.38. The minimum atomic E-state index is -0.684. The molecule has 0 bridgehead atoms. The van der Waals surface area contributed by atoms with Gasteiger partial charge in [0.25, 0.3) is 0 Å². The molecule has 5 nitrogen and oxygen atoms in total. The predicted octanol–water partition coefficient (Wildman–Crippen LogP) is 2.61. The van der Waals surface area contributed by atoms with Gasteiger partial charge in [0.1, 0.15) is 5.82 Å². The van der Waals surface area contributed by atoms with Gasteiger partial charge in [-0.25, -0.2) is 4.39 Å². The summed E-state index contributed by atoms with van der Waals surface area (Å²) >= 11 is 1.44. The lowest BCUT2D eigenvalue weighted by Crippen LogP contribution is -2.50. The van der Waals surface area contributed by atoms with E-state index in [1.165, 1.54) is 17.4 Å². The van der Waals surface area contributed by atoms with E-state index in [0.717, 1.165) is 19.4 Å². The monoisotopic (exact) mass is 347 g/mol. The highest BCUT2D eigenvalue weighted by Gasteiger charge is 2.25. The van der Waals surface area contributed by atoms with Crippen molar-refractivity contribution in [3.63, 3.8) is 0 Å². The van der Waals surface area contributed by atoms with Crippen LogP contribution >= 0.6 is 11.3 Å². The van der Waals surface area contributed by atoms with Crippen molar-refractivity contribution in [2.24, 2.45) is 0 Å². The van der Waals surface area contributed by atoms with Crippen LogP contribution in [0.25, 0.3) is 0 Å². The summed E-state index contributed by atoms with van der Waals surface area (Å²) in [6.45, 7) is 1.22. The van der Waals surface area contributed by atoms with Gasteiger partial charge in [0.05, 0.1) is 11.4 Å². The van der Waals surface area contributed by atoms with Gasteiger partial charge < -0.3 is 15.5 Å². The number of piperidine rings is 1. The molecule has 3 rings (SSSR count). The topological polar surface area (TPSA) is 61.4 Å². The molecule has 1 atom stereocenters. The maximum absolute atomic E-state index is 13.9. The number of anilines is 2. The van der Waals surface area contributed by atoms with Crippen LogP contribution in [0.15, 0.2) is 41.1 Å². The molecule has 0 aliphatic carbocycles. The van der Waals surface area contributed by atoms with Crippen molar-refractivity contribution >= 4 is 34.5 Å². The number of carbonyl (C=O) groups excluding carboxylic acids is 2. The Hall–Kier alpha value is -2.41. The SMILES string of the molecule is O=C(Nc1ccsc1)C(=O)N[C@H]1CCCN(c2ccccc2F)C1. The van der Waals surface area contributed by atoms with E-state index in [0.29, 0.717) is 17.9 Å². The van der Waals surface area contributed by atoms with E-state index in [4.69, 9.17) is 0 Å². The summed E-state index contributed by atoms with van der Waals surface area (Å²) in [4.78, 5) is 25.8. The zero-order chi connectivity index (χ0) is 16.9. The average Bonchev–Trinajstić information content (AvgIpc) is 3.08. The molecule has 1 fully saturated rings. The van der Waals surface area contributed by atoms with Gasteiger partial charge >= 0.3 is 11.8 Å². The zero-order valence-electron chi connectivity index (χ0n) is 13.0. The van der Waals surface area contributed by atoms with E-state index in [1.807, 2.05) is 10.3 Å². The first kappa shape index (κ1) is 16.4. The Morgan fingerprint density at radius 2 is 2.04 bits per heavy atom. The first-order valence-corrected chi connectivity index (χ1v) is 8.71. The average molecular weight is 347 g/mol. The van der Waals surface area contributed by atoms with Crippen LogP contribution in [0.5, 0.6) is 0 Å². The van der Waals surface area contributed by atoms with E-state index in [9.17, 15) is 14.0 Å². The van der Waals surface area contributed by atoms with E-state index < -0.39 is 11.8 Å². The number of benzene rings is 1. The van der Waals surface area contributed by atoms with Crippen molar-refractivity contribution < 1.29 is 14.0 Å². The quantitative estimate of drug-likeness (QED) is 0.839. The van der Waals surface area contributed by atoms with Gasteiger partial charge in [0.15, 0.2) is 0 Å². The van der Waals surface area contributed by atoms with Crippen LogP contribution in [0, 0.1) is 5.82 Å². The molecular formula is C17H18FN3O2S. The number of nitrogens with one attached hydrogen (secondary N) is 2. The van der Waals surface area contributed by atoms with E-state index >= 15 is 0 Å². The Labute approximate surface area is 143 Å². The number of hydrogen-bond acceptors (Lipinski definition) is 4. The molecule has 0 radical (unpaired) electrons. The van der Waals surface area contributed by atoms with Crippen LogP contribution in [0.1, 0.15) is 12.8 Å². The Bertz CT molecular complexity index is 720. The van der Waals surface area contributed by atoms with Crippen LogP contribution in [0.3, 0.4) is 0 Å². The number of thiophene rings is 1. The van der Waals surface area contributed by atoms with Gasteiger partial charge in [-0.3, -0.25) is 9.59 Å². The molecule has 2 N–H and O–H groups in total. The molecule has 1 aromatic heterocycles. The van der Waals surface area contributed by atoms with Crippen LogP contribution in [-0.2, 0) is 9.59 Å². The minimum absolute atomic E-state index is 0.181. The van der Waals surface area contributed by atoms with Crippen molar-refractivity contribution in [1.82, 2.24) is 5.32 Å². The Balaban J connectivity index is 1.58. The van der Waals surface area contributed by atoms with E-state index in [1.54, 1.807) is 29.6 Å². The summed E-state index contributed by atoms with van der Waals surface area (Å²) in [5.41, 5.74) is 1.14. The molecule has 126 valence electrons. The van der Waals surface area contributed by atoms with Crippen LogP contribution < -0.4 is 15.5 Å². The molecule has 2 aromatic rings. The number of carbonyl (C=O) groups is 2. The lowest BCUT2D eigenvalue weighted by atomic mass is 10.0. The maximum Gasteiger partial charge on any atom is 0.313 e. The second kappa shape index (κ2) is 7.44. The third kappa shape index (κ3) is 3.91. The summed E-state index contributed by atoms with van der Waals surface area (Å²) in [7, 11) is 0. The molecule has 1 saturated heterocycles. The molecule has 24 heavy (non-hydrogen) atoms. The summed E-state index contributed by atoms with van der Waals surface area (Å²) in [5, 5.41) is 8.86. The number of nitrogens with zero attached hydrogens (tertiary/aromatic N) is 1. The highest BCUT2D eigenvalue weighted by molar-refractivity contribution is 7.08. The highest BCUT2D eigenvalue weighted by atomic mass is 32.1. The molecule has 1 aliphatic heterocycles. The van der Waals surface area contributed by atoms with Gasteiger partial charge in [-0.1, -0.05) is 12.1 Å². The normalized spacial score (nSPS) is 17.4. The summed E-state index contributed by atoms with van der Waals surface area (Å²) < 4.78 is 13.9. The number of rotatable bonds is 3. The van der Waals surface area contributed by atoms with Gasteiger partial charge in [-0.15, -0.1) is 0 Å². The van der Waals surface area contributed by atoms with E-state index in [2.05, 4.69) is 10.6 Å². The summed E-state index contributed by atoms with van der Waals surface area (Å²) in [6, 6.07) is 8.13. The number of amides is 2.